The predicted octanol–water partition coefficient (Wildman–Crippen LogP) is 2.70. The van der Waals surface area contributed by atoms with Gasteiger partial charge in [-0.3, -0.25) is 4.79 Å². The maximum absolute atomic E-state index is 12.2. The molecule has 1 aromatic heterocycles. The van der Waals surface area contributed by atoms with E-state index in [1.807, 2.05) is 26.2 Å². The van der Waals surface area contributed by atoms with Gasteiger partial charge in [0.2, 0.25) is 0 Å². The summed E-state index contributed by atoms with van der Waals surface area (Å²) in [4.78, 5) is 12.2. The molecular formula is C13H23BrClN3O. The molecule has 19 heavy (non-hydrogen) atoms. The van der Waals surface area contributed by atoms with Crippen LogP contribution in [0.1, 0.15) is 37.7 Å². The van der Waals surface area contributed by atoms with E-state index < -0.39 is 0 Å². The highest BCUT2D eigenvalue weighted by atomic mass is 79.9. The van der Waals surface area contributed by atoms with Gasteiger partial charge in [-0.15, -0.1) is 12.4 Å². The lowest BCUT2D eigenvalue weighted by atomic mass is 9.90. The maximum Gasteiger partial charge on any atom is 0.268 e. The van der Waals surface area contributed by atoms with Crippen LogP contribution in [0.25, 0.3) is 0 Å². The fourth-order valence-corrected chi connectivity index (χ4v) is 2.70. The number of nitrogens with zero attached hydrogens (tertiary/aromatic N) is 1. The van der Waals surface area contributed by atoms with Crippen LogP contribution in [0.3, 0.4) is 0 Å². The van der Waals surface area contributed by atoms with Crippen LogP contribution in [-0.4, -0.2) is 22.6 Å². The number of hydrogen-bond donors (Lipinski definition) is 2. The van der Waals surface area contributed by atoms with Crippen molar-refractivity contribution in [3.05, 3.63) is 22.4 Å². The molecule has 0 aliphatic rings. The standard InChI is InChI=1S/C13H22BrN3O.ClH/c1-9(2)6-13(3,8-15)16-12(18)11-5-10(14)7-17(11)4;/h5,7,9H,6,8,15H2,1-4H3,(H,16,18);1H. The van der Waals surface area contributed by atoms with Crippen LogP contribution in [0.4, 0.5) is 0 Å². The van der Waals surface area contributed by atoms with Crippen LogP contribution in [-0.2, 0) is 7.05 Å². The van der Waals surface area contributed by atoms with E-state index in [-0.39, 0.29) is 23.9 Å². The number of aromatic nitrogens is 1. The van der Waals surface area contributed by atoms with Crippen molar-refractivity contribution in [3.63, 3.8) is 0 Å². The van der Waals surface area contributed by atoms with Gasteiger partial charge in [0.25, 0.3) is 5.91 Å². The first-order chi connectivity index (χ1) is 8.27. The van der Waals surface area contributed by atoms with Gasteiger partial charge in [-0.05, 0) is 41.3 Å². The second kappa shape index (κ2) is 7.31. The zero-order valence-corrected chi connectivity index (χ0v) is 14.3. The van der Waals surface area contributed by atoms with Gasteiger partial charge in [0.1, 0.15) is 5.69 Å². The zero-order valence-electron chi connectivity index (χ0n) is 11.9. The molecule has 110 valence electrons. The second-order valence-corrected chi connectivity index (χ2v) is 6.39. The zero-order chi connectivity index (χ0) is 13.9. The Labute approximate surface area is 129 Å². The third kappa shape index (κ3) is 5.16. The minimum absolute atomic E-state index is 0. The van der Waals surface area contributed by atoms with Crippen molar-refractivity contribution >= 4 is 34.2 Å². The summed E-state index contributed by atoms with van der Waals surface area (Å²) in [6, 6.07) is 1.81. The van der Waals surface area contributed by atoms with E-state index in [9.17, 15) is 4.79 Å². The topological polar surface area (TPSA) is 60.0 Å². The molecular weight excluding hydrogens is 330 g/mol. The number of halogens is 2. The minimum Gasteiger partial charge on any atom is -0.345 e. The van der Waals surface area contributed by atoms with Crippen LogP contribution in [0.5, 0.6) is 0 Å². The fourth-order valence-electron chi connectivity index (χ4n) is 2.17. The molecule has 0 fully saturated rings. The van der Waals surface area contributed by atoms with Gasteiger partial charge >= 0.3 is 0 Å². The molecule has 4 nitrogen and oxygen atoms in total. The number of nitrogens with two attached hydrogens (primary N) is 1. The number of nitrogens with one attached hydrogen (secondary N) is 1. The molecule has 1 heterocycles. The fraction of sp³-hybridized carbons (Fsp3) is 0.615. The van der Waals surface area contributed by atoms with E-state index in [2.05, 4.69) is 35.1 Å². The summed E-state index contributed by atoms with van der Waals surface area (Å²) < 4.78 is 2.69. The largest absolute Gasteiger partial charge is 0.345 e. The summed E-state index contributed by atoms with van der Waals surface area (Å²) in [6.07, 6.45) is 2.72. The molecule has 0 saturated carbocycles. The molecule has 0 radical (unpaired) electrons. The van der Waals surface area contributed by atoms with Crippen molar-refractivity contribution in [1.29, 1.82) is 0 Å². The summed E-state index contributed by atoms with van der Waals surface area (Å²) in [5.41, 5.74) is 6.06. The molecule has 0 aromatic carbocycles. The van der Waals surface area contributed by atoms with Crippen molar-refractivity contribution < 1.29 is 4.79 Å². The number of amides is 1. The summed E-state index contributed by atoms with van der Waals surface area (Å²) >= 11 is 3.36. The molecule has 0 aliphatic heterocycles. The molecule has 3 N–H and O–H groups in total. The number of rotatable bonds is 5. The van der Waals surface area contributed by atoms with Gasteiger partial charge in [-0.25, -0.2) is 0 Å². The normalized spacial score (nSPS) is 13.8. The summed E-state index contributed by atoms with van der Waals surface area (Å²) in [5, 5.41) is 3.04. The molecule has 0 saturated heterocycles. The molecule has 1 amide bonds. The summed E-state index contributed by atoms with van der Waals surface area (Å²) in [7, 11) is 1.85. The van der Waals surface area contributed by atoms with Gasteiger partial charge in [-0.2, -0.15) is 0 Å². The molecule has 1 atom stereocenters. The van der Waals surface area contributed by atoms with Gasteiger partial charge < -0.3 is 15.6 Å². The van der Waals surface area contributed by atoms with E-state index in [0.717, 1.165) is 10.9 Å². The first-order valence-electron chi connectivity index (χ1n) is 6.12. The van der Waals surface area contributed by atoms with Crippen molar-refractivity contribution in [3.8, 4) is 0 Å². The Kier molecular flexibility index (Phi) is 7.11. The minimum atomic E-state index is -0.359. The lowest BCUT2D eigenvalue weighted by Gasteiger charge is -2.31. The molecule has 0 spiro atoms. The SMILES string of the molecule is CC(C)CC(C)(CN)NC(=O)c1cc(Br)cn1C.Cl. The average Bonchev–Trinajstić information content (AvgIpc) is 2.56. The highest BCUT2D eigenvalue weighted by Gasteiger charge is 2.27. The number of hydrogen-bond acceptors (Lipinski definition) is 2. The Morgan fingerprint density at radius 2 is 2.16 bits per heavy atom. The monoisotopic (exact) mass is 351 g/mol. The summed E-state index contributed by atoms with van der Waals surface area (Å²) in [5.74, 6) is 0.399. The van der Waals surface area contributed by atoms with Crippen LogP contribution < -0.4 is 11.1 Å². The predicted molar refractivity (Wildman–Crippen MR) is 84.7 cm³/mol. The van der Waals surface area contributed by atoms with E-state index >= 15 is 0 Å². The van der Waals surface area contributed by atoms with Crippen molar-refractivity contribution in [1.82, 2.24) is 9.88 Å². The second-order valence-electron chi connectivity index (χ2n) is 5.47. The smallest absolute Gasteiger partial charge is 0.268 e. The lowest BCUT2D eigenvalue weighted by molar-refractivity contribution is 0.0890. The third-order valence-electron chi connectivity index (χ3n) is 2.93. The lowest BCUT2D eigenvalue weighted by Crippen LogP contribution is -2.52. The van der Waals surface area contributed by atoms with Crippen molar-refractivity contribution in [2.24, 2.45) is 18.7 Å². The van der Waals surface area contributed by atoms with E-state index in [4.69, 9.17) is 5.73 Å². The molecule has 1 aromatic rings. The van der Waals surface area contributed by atoms with Gasteiger partial charge in [0.15, 0.2) is 0 Å². The molecule has 1 unspecified atom stereocenters. The Balaban J connectivity index is 0.00000324. The Morgan fingerprint density at radius 3 is 2.53 bits per heavy atom. The Bertz CT molecular complexity index is 434. The van der Waals surface area contributed by atoms with Crippen LogP contribution in [0, 0.1) is 5.92 Å². The molecule has 6 heteroatoms. The summed E-state index contributed by atoms with van der Waals surface area (Å²) in [6.45, 7) is 6.67. The maximum atomic E-state index is 12.2. The van der Waals surface area contributed by atoms with E-state index in [1.54, 1.807) is 4.57 Å². The molecule has 0 aliphatic carbocycles. The van der Waals surface area contributed by atoms with Gasteiger partial charge in [0, 0.05) is 24.3 Å². The number of carbonyl (C=O) groups excluding carboxylic acids is 1. The van der Waals surface area contributed by atoms with E-state index in [0.29, 0.717) is 18.2 Å². The molecule has 1 rings (SSSR count). The van der Waals surface area contributed by atoms with Crippen molar-refractivity contribution in [2.45, 2.75) is 32.7 Å². The Morgan fingerprint density at radius 1 is 1.58 bits per heavy atom. The third-order valence-corrected chi connectivity index (χ3v) is 3.36. The van der Waals surface area contributed by atoms with E-state index in [1.165, 1.54) is 0 Å². The highest BCUT2D eigenvalue weighted by molar-refractivity contribution is 9.10. The number of aryl methyl sites for hydroxylation is 1. The average molecular weight is 353 g/mol. The quantitative estimate of drug-likeness (QED) is 0.856. The number of carbonyl (C=O) groups is 1. The van der Waals surface area contributed by atoms with Crippen LogP contribution >= 0.6 is 28.3 Å². The van der Waals surface area contributed by atoms with Gasteiger partial charge in [-0.1, -0.05) is 13.8 Å². The van der Waals surface area contributed by atoms with Crippen LogP contribution in [0.15, 0.2) is 16.7 Å². The molecule has 0 bridgehead atoms. The first-order valence-corrected chi connectivity index (χ1v) is 6.91. The Hall–Kier alpha value is -0.520. The van der Waals surface area contributed by atoms with Gasteiger partial charge in [0.05, 0.1) is 5.54 Å². The van der Waals surface area contributed by atoms with Crippen LogP contribution in [0.2, 0.25) is 0 Å². The van der Waals surface area contributed by atoms with Crippen molar-refractivity contribution in [2.75, 3.05) is 6.54 Å². The highest BCUT2D eigenvalue weighted by Crippen LogP contribution is 2.18. The first kappa shape index (κ1) is 18.5.